The Kier molecular flexibility index (Phi) is 5.71. The van der Waals surface area contributed by atoms with Crippen LogP contribution >= 0.6 is 11.8 Å². The van der Waals surface area contributed by atoms with Crippen molar-refractivity contribution < 1.29 is 4.79 Å². The summed E-state index contributed by atoms with van der Waals surface area (Å²) in [7, 11) is 0. The smallest absolute Gasteiger partial charge is 0.283 e. The fraction of sp³-hybridized carbons (Fsp3) is 0.148. The van der Waals surface area contributed by atoms with Crippen molar-refractivity contribution in [3.63, 3.8) is 0 Å². The minimum Gasteiger partial charge on any atom is -0.349 e. The molecule has 170 valence electrons. The van der Waals surface area contributed by atoms with Crippen LogP contribution in [0.15, 0.2) is 76.7 Å². The molecule has 0 aliphatic heterocycles. The van der Waals surface area contributed by atoms with Gasteiger partial charge in [-0.2, -0.15) is 0 Å². The first kappa shape index (κ1) is 22.0. The summed E-state index contributed by atoms with van der Waals surface area (Å²) in [5.41, 5.74) is 6.46. The number of para-hydroxylation sites is 1. The third-order valence-corrected chi connectivity index (χ3v) is 6.56. The quantitative estimate of drug-likeness (QED) is 0.263. The number of H-pyrrole nitrogens is 1. The molecule has 0 spiro atoms. The van der Waals surface area contributed by atoms with Gasteiger partial charge in [0.15, 0.2) is 5.16 Å². The van der Waals surface area contributed by atoms with Crippen molar-refractivity contribution in [2.24, 2.45) is 0 Å². The number of fused-ring (bicyclic) bond motifs is 3. The molecular weight excluding hydrogens is 444 g/mol. The highest BCUT2D eigenvalue weighted by Gasteiger charge is 2.18. The minimum atomic E-state index is -0.192. The van der Waals surface area contributed by atoms with Crippen LogP contribution in [-0.2, 0) is 4.79 Å². The van der Waals surface area contributed by atoms with Gasteiger partial charge in [-0.1, -0.05) is 53.7 Å². The highest BCUT2D eigenvalue weighted by atomic mass is 32.2. The SMILES string of the molecule is Cc1ccc(-n2c(SCC(=O)Nc3cc(C)cc(C)c3)nc3c([nH]c4ccccc43)c2=O)cc1. The number of rotatable bonds is 5. The Morgan fingerprint density at radius 3 is 2.41 bits per heavy atom. The number of anilines is 1. The predicted molar refractivity (Wildman–Crippen MR) is 139 cm³/mol. The third kappa shape index (κ3) is 4.22. The van der Waals surface area contributed by atoms with E-state index in [1.807, 2.05) is 81.4 Å². The van der Waals surface area contributed by atoms with Crippen molar-refractivity contribution in [2.45, 2.75) is 25.9 Å². The Labute approximate surface area is 201 Å². The van der Waals surface area contributed by atoms with Gasteiger partial charge in [0.2, 0.25) is 5.91 Å². The van der Waals surface area contributed by atoms with Gasteiger partial charge in [0, 0.05) is 16.6 Å². The average Bonchev–Trinajstić information content (AvgIpc) is 3.17. The fourth-order valence-electron chi connectivity index (χ4n) is 4.13. The Hall–Kier alpha value is -3.84. The Morgan fingerprint density at radius 2 is 1.68 bits per heavy atom. The molecule has 0 radical (unpaired) electrons. The summed E-state index contributed by atoms with van der Waals surface area (Å²) in [5, 5.41) is 4.31. The summed E-state index contributed by atoms with van der Waals surface area (Å²) in [6, 6.07) is 21.4. The van der Waals surface area contributed by atoms with E-state index in [-0.39, 0.29) is 17.2 Å². The lowest BCUT2D eigenvalue weighted by Crippen LogP contribution is -2.23. The molecule has 0 bridgehead atoms. The number of benzene rings is 3. The molecule has 0 aliphatic rings. The number of aromatic amines is 1. The van der Waals surface area contributed by atoms with Gasteiger partial charge in [0.05, 0.1) is 11.4 Å². The minimum absolute atomic E-state index is 0.124. The topological polar surface area (TPSA) is 79.8 Å². The van der Waals surface area contributed by atoms with Gasteiger partial charge in [-0.25, -0.2) is 4.98 Å². The lowest BCUT2D eigenvalue weighted by molar-refractivity contribution is -0.113. The van der Waals surface area contributed by atoms with Crippen molar-refractivity contribution in [1.82, 2.24) is 14.5 Å². The van der Waals surface area contributed by atoms with E-state index in [0.29, 0.717) is 21.9 Å². The van der Waals surface area contributed by atoms with Gasteiger partial charge in [-0.15, -0.1) is 0 Å². The van der Waals surface area contributed by atoms with Crippen LogP contribution in [0.4, 0.5) is 5.69 Å². The van der Waals surface area contributed by atoms with Crippen LogP contribution in [0.25, 0.3) is 27.6 Å². The fourth-order valence-corrected chi connectivity index (χ4v) is 4.94. The van der Waals surface area contributed by atoms with E-state index >= 15 is 0 Å². The molecule has 0 aliphatic carbocycles. The molecule has 5 rings (SSSR count). The largest absolute Gasteiger partial charge is 0.349 e. The maximum atomic E-state index is 13.6. The number of nitrogens with one attached hydrogen (secondary N) is 2. The van der Waals surface area contributed by atoms with E-state index in [9.17, 15) is 9.59 Å². The maximum absolute atomic E-state index is 13.6. The van der Waals surface area contributed by atoms with Gasteiger partial charge >= 0.3 is 0 Å². The molecule has 7 heteroatoms. The van der Waals surface area contributed by atoms with Crippen molar-refractivity contribution in [2.75, 3.05) is 11.1 Å². The number of carbonyl (C=O) groups excluding carboxylic acids is 1. The second kappa shape index (κ2) is 8.83. The molecule has 2 heterocycles. The third-order valence-electron chi connectivity index (χ3n) is 5.62. The zero-order valence-corrected chi connectivity index (χ0v) is 20.0. The molecule has 0 unspecified atom stereocenters. The number of aryl methyl sites for hydroxylation is 3. The summed E-state index contributed by atoms with van der Waals surface area (Å²) >= 11 is 1.25. The number of hydrogen-bond donors (Lipinski definition) is 2. The summed E-state index contributed by atoms with van der Waals surface area (Å²) in [4.78, 5) is 34.4. The zero-order chi connectivity index (χ0) is 23.8. The van der Waals surface area contributed by atoms with Crippen molar-refractivity contribution in [3.05, 3.63) is 93.8 Å². The van der Waals surface area contributed by atoms with E-state index in [2.05, 4.69) is 16.4 Å². The van der Waals surface area contributed by atoms with Crippen LogP contribution < -0.4 is 10.9 Å². The second-order valence-corrected chi connectivity index (χ2v) is 9.42. The zero-order valence-electron chi connectivity index (χ0n) is 19.2. The van der Waals surface area contributed by atoms with Crippen LogP contribution in [-0.4, -0.2) is 26.2 Å². The Bertz CT molecular complexity index is 1580. The first-order chi connectivity index (χ1) is 16.4. The molecule has 5 aromatic rings. The van der Waals surface area contributed by atoms with Crippen LogP contribution in [0, 0.1) is 20.8 Å². The normalized spacial score (nSPS) is 11.3. The molecule has 34 heavy (non-hydrogen) atoms. The van der Waals surface area contributed by atoms with Crippen LogP contribution in [0.1, 0.15) is 16.7 Å². The number of aromatic nitrogens is 3. The van der Waals surface area contributed by atoms with Crippen LogP contribution in [0.2, 0.25) is 0 Å². The molecule has 0 saturated carbocycles. The summed E-state index contributed by atoms with van der Waals surface area (Å²) in [6.07, 6.45) is 0. The van der Waals surface area contributed by atoms with E-state index < -0.39 is 0 Å². The Balaban J connectivity index is 1.54. The molecule has 3 aromatic carbocycles. The highest BCUT2D eigenvalue weighted by Crippen LogP contribution is 2.26. The molecular formula is C27H24N4O2S. The highest BCUT2D eigenvalue weighted by molar-refractivity contribution is 7.99. The van der Waals surface area contributed by atoms with Crippen molar-refractivity contribution in [3.8, 4) is 5.69 Å². The average molecular weight is 469 g/mol. The van der Waals surface area contributed by atoms with E-state index in [0.717, 1.165) is 33.3 Å². The number of thioether (sulfide) groups is 1. The van der Waals surface area contributed by atoms with E-state index in [1.165, 1.54) is 11.8 Å². The number of amides is 1. The molecule has 2 aromatic heterocycles. The summed E-state index contributed by atoms with van der Waals surface area (Å²) in [6.45, 7) is 5.99. The molecule has 0 atom stereocenters. The molecule has 2 N–H and O–H groups in total. The Morgan fingerprint density at radius 1 is 0.971 bits per heavy atom. The van der Waals surface area contributed by atoms with Gasteiger partial charge in [0.1, 0.15) is 11.0 Å². The maximum Gasteiger partial charge on any atom is 0.283 e. The number of nitrogens with zero attached hydrogens (tertiary/aromatic N) is 2. The van der Waals surface area contributed by atoms with Crippen LogP contribution in [0.5, 0.6) is 0 Å². The van der Waals surface area contributed by atoms with Crippen LogP contribution in [0.3, 0.4) is 0 Å². The molecule has 1 amide bonds. The monoisotopic (exact) mass is 468 g/mol. The number of carbonyl (C=O) groups is 1. The van der Waals surface area contributed by atoms with Gasteiger partial charge < -0.3 is 10.3 Å². The van der Waals surface area contributed by atoms with Crippen molar-refractivity contribution >= 4 is 45.3 Å². The second-order valence-electron chi connectivity index (χ2n) is 8.48. The van der Waals surface area contributed by atoms with E-state index in [4.69, 9.17) is 4.98 Å². The van der Waals surface area contributed by atoms with Crippen molar-refractivity contribution in [1.29, 1.82) is 0 Å². The molecule has 0 saturated heterocycles. The molecule has 6 nitrogen and oxygen atoms in total. The summed E-state index contributed by atoms with van der Waals surface area (Å²) in [5.74, 6) is -0.0298. The first-order valence-electron chi connectivity index (χ1n) is 11.0. The van der Waals surface area contributed by atoms with Gasteiger partial charge in [-0.3, -0.25) is 14.2 Å². The summed E-state index contributed by atoms with van der Waals surface area (Å²) < 4.78 is 1.58. The lowest BCUT2D eigenvalue weighted by atomic mass is 10.1. The standard InChI is InChI=1S/C27H24N4O2S/c1-16-8-10-20(11-9-16)31-26(33)25-24(21-6-4-5-7-22(21)29-25)30-27(31)34-15-23(32)28-19-13-17(2)12-18(3)14-19/h4-14,29H,15H2,1-3H3,(H,28,32). The lowest BCUT2D eigenvalue weighted by Gasteiger charge is -2.13. The predicted octanol–water partition coefficient (Wildman–Crippen LogP) is 5.52. The molecule has 0 fully saturated rings. The van der Waals surface area contributed by atoms with E-state index in [1.54, 1.807) is 4.57 Å². The number of hydrogen-bond acceptors (Lipinski definition) is 4. The first-order valence-corrected chi connectivity index (χ1v) is 12.0. The van der Waals surface area contributed by atoms with Gasteiger partial charge in [0.25, 0.3) is 5.56 Å². The van der Waals surface area contributed by atoms with Gasteiger partial charge in [-0.05, 0) is 62.2 Å².